The monoisotopic (exact) mass is 246 g/mol. The smallest absolute Gasteiger partial charge is 0.239 e. The summed E-state index contributed by atoms with van der Waals surface area (Å²) in [6.45, 7) is 0.305. The van der Waals surface area contributed by atoms with Crippen LogP contribution in [0.15, 0.2) is 24.5 Å². The van der Waals surface area contributed by atoms with Crippen LogP contribution in [0.2, 0.25) is 0 Å². The fourth-order valence-corrected chi connectivity index (χ4v) is 2.89. The van der Waals surface area contributed by atoms with Crippen LogP contribution >= 0.6 is 0 Å². The molecule has 1 amide bonds. The lowest BCUT2D eigenvalue weighted by atomic mass is 9.95. The first-order chi connectivity index (χ1) is 8.81. The molecule has 0 aliphatic carbocycles. The average molecular weight is 246 g/mol. The van der Waals surface area contributed by atoms with Gasteiger partial charge in [0.2, 0.25) is 5.91 Å². The highest BCUT2D eigenvalue weighted by Gasteiger charge is 2.39. The number of nitrogens with one attached hydrogen (secondary N) is 3. The van der Waals surface area contributed by atoms with Gasteiger partial charge < -0.3 is 16.0 Å². The maximum atomic E-state index is 11.8. The summed E-state index contributed by atoms with van der Waals surface area (Å²) in [5, 5.41) is 9.68. The number of fused-ring (bicyclic) bond motifs is 2. The molecule has 1 aromatic heterocycles. The summed E-state index contributed by atoms with van der Waals surface area (Å²) in [7, 11) is 0. The third-order valence-electron chi connectivity index (χ3n) is 3.76. The number of carbonyl (C=O) groups excluding carboxylic acids is 1. The van der Waals surface area contributed by atoms with E-state index in [1.165, 1.54) is 12.8 Å². The molecule has 18 heavy (non-hydrogen) atoms. The highest BCUT2D eigenvalue weighted by molar-refractivity contribution is 5.81. The van der Waals surface area contributed by atoms with Crippen LogP contribution in [0.1, 0.15) is 19.3 Å². The molecule has 0 spiro atoms. The summed E-state index contributed by atoms with van der Waals surface area (Å²) in [6.07, 6.45) is 6.94. The maximum absolute atomic E-state index is 11.8. The van der Waals surface area contributed by atoms with Gasteiger partial charge in [-0.15, -0.1) is 0 Å². The van der Waals surface area contributed by atoms with Gasteiger partial charge >= 0.3 is 0 Å². The molecule has 3 heterocycles. The largest absolute Gasteiger partial charge is 0.375 e. The van der Waals surface area contributed by atoms with E-state index in [0.29, 0.717) is 24.7 Å². The lowest BCUT2D eigenvalue weighted by Crippen LogP contribution is -2.44. The standard InChI is InChI=1S/C13H18N4O/c18-13(8-15-10-2-1-5-14-7-10)17-12-6-9-3-4-11(12)16-9/h1-2,5,7,9,11-12,15-16H,3-4,6,8H2,(H,17,18)/t9-,11+,12+/m1/s1. The van der Waals surface area contributed by atoms with Crippen LogP contribution < -0.4 is 16.0 Å². The van der Waals surface area contributed by atoms with Gasteiger partial charge in [0.25, 0.3) is 0 Å². The van der Waals surface area contributed by atoms with Crippen molar-refractivity contribution >= 4 is 11.6 Å². The van der Waals surface area contributed by atoms with Crippen LogP contribution in [0, 0.1) is 0 Å². The molecule has 96 valence electrons. The molecule has 3 atom stereocenters. The molecular weight excluding hydrogens is 228 g/mol. The van der Waals surface area contributed by atoms with E-state index in [1.54, 1.807) is 12.4 Å². The van der Waals surface area contributed by atoms with E-state index in [0.717, 1.165) is 12.1 Å². The Morgan fingerprint density at radius 1 is 1.50 bits per heavy atom. The van der Waals surface area contributed by atoms with Crippen LogP contribution in [0.4, 0.5) is 5.69 Å². The number of anilines is 1. The van der Waals surface area contributed by atoms with E-state index in [4.69, 9.17) is 0 Å². The quantitative estimate of drug-likeness (QED) is 0.724. The third kappa shape index (κ3) is 2.46. The SMILES string of the molecule is O=C(CNc1cccnc1)N[C@H]1C[C@H]2CC[C@@H]1N2. The van der Waals surface area contributed by atoms with Crippen molar-refractivity contribution in [2.75, 3.05) is 11.9 Å². The first kappa shape index (κ1) is 11.5. The number of pyridine rings is 1. The molecule has 2 aliphatic rings. The Bertz CT molecular complexity index is 422. The lowest BCUT2D eigenvalue weighted by molar-refractivity contribution is -0.120. The zero-order valence-corrected chi connectivity index (χ0v) is 10.2. The molecule has 3 N–H and O–H groups in total. The van der Waals surface area contributed by atoms with Crippen LogP contribution in [-0.2, 0) is 4.79 Å². The number of hydrogen-bond acceptors (Lipinski definition) is 4. The zero-order chi connectivity index (χ0) is 12.4. The molecule has 2 aliphatic heterocycles. The molecule has 2 saturated heterocycles. The summed E-state index contributed by atoms with van der Waals surface area (Å²) in [6, 6.07) is 5.16. The van der Waals surface area contributed by atoms with E-state index in [-0.39, 0.29) is 5.91 Å². The van der Waals surface area contributed by atoms with Gasteiger partial charge in [0.1, 0.15) is 0 Å². The molecule has 0 radical (unpaired) electrons. The van der Waals surface area contributed by atoms with Crippen molar-refractivity contribution < 1.29 is 4.79 Å². The minimum atomic E-state index is 0.0539. The second-order valence-corrected chi connectivity index (χ2v) is 5.05. The van der Waals surface area contributed by atoms with E-state index in [2.05, 4.69) is 20.9 Å². The van der Waals surface area contributed by atoms with Crippen LogP contribution in [-0.4, -0.2) is 35.6 Å². The normalized spacial score (nSPS) is 29.2. The van der Waals surface area contributed by atoms with E-state index < -0.39 is 0 Å². The van der Waals surface area contributed by atoms with Crippen molar-refractivity contribution in [3.05, 3.63) is 24.5 Å². The fourth-order valence-electron chi connectivity index (χ4n) is 2.89. The van der Waals surface area contributed by atoms with Gasteiger partial charge in [-0.25, -0.2) is 0 Å². The van der Waals surface area contributed by atoms with Gasteiger partial charge in [0, 0.05) is 30.5 Å². The number of rotatable bonds is 4. The van der Waals surface area contributed by atoms with Gasteiger partial charge in [0.15, 0.2) is 0 Å². The van der Waals surface area contributed by atoms with Crippen molar-refractivity contribution in [2.45, 2.75) is 37.4 Å². The van der Waals surface area contributed by atoms with Gasteiger partial charge in [0.05, 0.1) is 12.2 Å². The first-order valence-electron chi connectivity index (χ1n) is 6.50. The van der Waals surface area contributed by atoms with Crippen LogP contribution in [0.3, 0.4) is 0 Å². The maximum Gasteiger partial charge on any atom is 0.239 e. The molecule has 0 unspecified atom stereocenters. The summed E-state index contributed by atoms with van der Waals surface area (Å²) in [5.74, 6) is 0.0539. The van der Waals surface area contributed by atoms with Gasteiger partial charge in [-0.2, -0.15) is 0 Å². The predicted octanol–water partition coefficient (Wildman–Crippen LogP) is 0.503. The second kappa shape index (κ2) is 4.94. The topological polar surface area (TPSA) is 66.0 Å². The molecule has 0 aromatic carbocycles. The number of hydrogen-bond donors (Lipinski definition) is 3. The molecule has 0 saturated carbocycles. The molecule has 2 bridgehead atoms. The summed E-state index contributed by atoms with van der Waals surface area (Å²) >= 11 is 0. The van der Waals surface area contributed by atoms with Gasteiger partial charge in [-0.3, -0.25) is 9.78 Å². The Kier molecular flexibility index (Phi) is 3.15. The molecule has 5 nitrogen and oxygen atoms in total. The molecule has 2 fully saturated rings. The number of aromatic nitrogens is 1. The van der Waals surface area contributed by atoms with E-state index in [1.807, 2.05) is 12.1 Å². The van der Waals surface area contributed by atoms with Crippen molar-refractivity contribution in [1.29, 1.82) is 0 Å². The number of amides is 1. The predicted molar refractivity (Wildman–Crippen MR) is 69.2 cm³/mol. The first-order valence-corrected chi connectivity index (χ1v) is 6.50. The van der Waals surface area contributed by atoms with Crippen molar-refractivity contribution in [2.24, 2.45) is 0 Å². The Morgan fingerprint density at radius 2 is 2.44 bits per heavy atom. The third-order valence-corrected chi connectivity index (χ3v) is 3.76. The Labute approximate surface area is 106 Å². The molecular formula is C13H18N4O. The van der Waals surface area contributed by atoms with Gasteiger partial charge in [-0.05, 0) is 31.4 Å². The van der Waals surface area contributed by atoms with Crippen LogP contribution in [0.25, 0.3) is 0 Å². The molecule has 3 rings (SSSR count). The van der Waals surface area contributed by atoms with Gasteiger partial charge in [-0.1, -0.05) is 0 Å². The summed E-state index contributed by atoms with van der Waals surface area (Å²) in [5.41, 5.74) is 0.874. The number of nitrogens with zero attached hydrogens (tertiary/aromatic N) is 1. The van der Waals surface area contributed by atoms with Crippen molar-refractivity contribution in [3.63, 3.8) is 0 Å². The Morgan fingerprint density at radius 3 is 3.11 bits per heavy atom. The summed E-state index contributed by atoms with van der Waals surface area (Å²) < 4.78 is 0. The lowest BCUT2D eigenvalue weighted by Gasteiger charge is -2.21. The average Bonchev–Trinajstić information content (AvgIpc) is 3.00. The van der Waals surface area contributed by atoms with Crippen molar-refractivity contribution in [1.82, 2.24) is 15.6 Å². The highest BCUT2D eigenvalue weighted by Crippen LogP contribution is 2.28. The Hall–Kier alpha value is -1.62. The van der Waals surface area contributed by atoms with E-state index in [9.17, 15) is 4.79 Å². The highest BCUT2D eigenvalue weighted by atomic mass is 16.2. The number of carbonyl (C=O) groups is 1. The molecule has 1 aromatic rings. The Balaban J connectivity index is 1.45. The van der Waals surface area contributed by atoms with Crippen LogP contribution in [0.5, 0.6) is 0 Å². The minimum Gasteiger partial charge on any atom is -0.375 e. The fraction of sp³-hybridized carbons (Fsp3) is 0.538. The minimum absolute atomic E-state index is 0.0539. The zero-order valence-electron chi connectivity index (χ0n) is 10.2. The summed E-state index contributed by atoms with van der Waals surface area (Å²) in [4.78, 5) is 15.8. The van der Waals surface area contributed by atoms with Crippen molar-refractivity contribution in [3.8, 4) is 0 Å². The second-order valence-electron chi connectivity index (χ2n) is 5.05. The molecule has 5 heteroatoms. The van der Waals surface area contributed by atoms with E-state index >= 15 is 0 Å².